The number of alkyl halides is 3. The fourth-order valence-corrected chi connectivity index (χ4v) is 3.41. The van der Waals surface area contributed by atoms with Crippen LogP contribution in [0, 0.1) is 5.92 Å². The molecule has 0 aliphatic heterocycles. The van der Waals surface area contributed by atoms with Gasteiger partial charge in [0.05, 0.1) is 5.56 Å². The van der Waals surface area contributed by atoms with Gasteiger partial charge in [0.1, 0.15) is 0 Å². The van der Waals surface area contributed by atoms with Crippen LogP contribution in [0.4, 0.5) is 13.2 Å². The van der Waals surface area contributed by atoms with Gasteiger partial charge in [-0.25, -0.2) is 0 Å². The average Bonchev–Trinajstić information content (AvgIpc) is 3.37. The summed E-state index contributed by atoms with van der Waals surface area (Å²) in [5.74, 6) is -0.171. The fraction of sp³-hybridized carbons (Fsp3) is 0.350. The second kappa shape index (κ2) is 7.43. The van der Waals surface area contributed by atoms with E-state index >= 15 is 0 Å². The quantitative estimate of drug-likeness (QED) is 0.689. The van der Waals surface area contributed by atoms with E-state index in [4.69, 9.17) is 0 Å². The third-order valence-corrected chi connectivity index (χ3v) is 5.17. The number of amides is 1. The first-order valence-electron chi connectivity index (χ1n) is 8.46. The normalized spacial score (nSPS) is 20.5. The second-order valence-electron chi connectivity index (χ2n) is 6.81. The van der Waals surface area contributed by atoms with Crippen molar-refractivity contribution in [3.63, 3.8) is 0 Å². The van der Waals surface area contributed by atoms with Crippen LogP contribution in [0.2, 0.25) is 0 Å². The lowest BCUT2D eigenvalue weighted by atomic mass is 10.1. The van der Waals surface area contributed by atoms with Gasteiger partial charge in [0.15, 0.2) is 0 Å². The van der Waals surface area contributed by atoms with Crippen LogP contribution in [0.1, 0.15) is 36.0 Å². The first kappa shape index (κ1) is 19.0. The molecule has 3 rings (SSSR count). The van der Waals surface area contributed by atoms with Gasteiger partial charge in [-0.15, -0.1) is 0 Å². The van der Waals surface area contributed by atoms with Crippen LogP contribution in [0.5, 0.6) is 0 Å². The van der Waals surface area contributed by atoms with E-state index in [0.29, 0.717) is 6.42 Å². The van der Waals surface area contributed by atoms with Crippen LogP contribution in [0.3, 0.4) is 0 Å². The third kappa shape index (κ3) is 4.67. The lowest BCUT2D eigenvalue weighted by Crippen LogP contribution is -2.35. The smallest absolute Gasteiger partial charge is 0.353 e. The Morgan fingerprint density at radius 1 is 1.15 bits per heavy atom. The second-order valence-corrected chi connectivity index (χ2v) is 7.72. The van der Waals surface area contributed by atoms with E-state index in [1.807, 2.05) is 31.2 Å². The average molecular weight is 426 g/mol. The maximum Gasteiger partial charge on any atom is 0.416 e. The van der Waals surface area contributed by atoms with Crippen molar-refractivity contribution in [2.45, 2.75) is 37.9 Å². The van der Waals surface area contributed by atoms with E-state index in [0.717, 1.165) is 34.2 Å². The summed E-state index contributed by atoms with van der Waals surface area (Å²) in [6.07, 6.45) is -2.92. The first-order chi connectivity index (χ1) is 12.2. The molecule has 1 fully saturated rings. The van der Waals surface area contributed by atoms with Gasteiger partial charge >= 0.3 is 6.18 Å². The molecule has 1 amide bonds. The predicted molar refractivity (Wildman–Crippen MR) is 97.7 cm³/mol. The predicted octanol–water partition coefficient (Wildman–Crippen LogP) is 5.32. The molecule has 0 aromatic heterocycles. The summed E-state index contributed by atoms with van der Waals surface area (Å²) in [5.41, 5.74) is 1.26. The minimum absolute atomic E-state index is 0.00229. The van der Waals surface area contributed by atoms with Gasteiger partial charge in [0.2, 0.25) is 5.91 Å². The number of benzene rings is 2. The van der Waals surface area contributed by atoms with Crippen LogP contribution in [0.25, 0.3) is 0 Å². The van der Waals surface area contributed by atoms with Crippen LogP contribution in [-0.4, -0.2) is 11.9 Å². The van der Waals surface area contributed by atoms with Gasteiger partial charge in [0, 0.05) is 16.4 Å². The molecule has 2 aromatic rings. The van der Waals surface area contributed by atoms with Gasteiger partial charge in [0.25, 0.3) is 0 Å². The van der Waals surface area contributed by atoms with E-state index in [-0.39, 0.29) is 23.8 Å². The summed E-state index contributed by atoms with van der Waals surface area (Å²) in [6, 6.07) is 13.1. The number of carbonyl (C=O) groups excluding carboxylic acids is 1. The molecule has 26 heavy (non-hydrogen) atoms. The Balaban J connectivity index is 1.53. The van der Waals surface area contributed by atoms with Crippen molar-refractivity contribution < 1.29 is 18.0 Å². The van der Waals surface area contributed by atoms with E-state index in [2.05, 4.69) is 21.2 Å². The Hall–Kier alpha value is -1.82. The highest BCUT2D eigenvalue weighted by Gasteiger charge is 2.44. The van der Waals surface area contributed by atoms with Crippen molar-refractivity contribution >= 4 is 21.8 Å². The van der Waals surface area contributed by atoms with Gasteiger partial charge in [-0.1, -0.05) is 40.2 Å². The molecule has 3 unspecified atom stereocenters. The summed E-state index contributed by atoms with van der Waals surface area (Å²) in [6.45, 7) is 1.95. The van der Waals surface area contributed by atoms with Gasteiger partial charge < -0.3 is 5.32 Å². The summed E-state index contributed by atoms with van der Waals surface area (Å²) >= 11 is 3.39. The Morgan fingerprint density at radius 3 is 2.35 bits per heavy atom. The summed E-state index contributed by atoms with van der Waals surface area (Å²) in [4.78, 5) is 12.4. The molecule has 0 bridgehead atoms. The molecule has 1 aliphatic carbocycles. The molecule has 3 atom stereocenters. The molecular weight excluding hydrogens is 407 g/mol. The minimum atomic E-state index is -4.33. The molecule has 138 valence electrons. The highest BCUT2D eigenvalue weighted by Crippen LogP contribution is 2.48. The SMILES string of the molecule is CC(Cc1ccc(Br)cc1)NC(=O)C1CC1c1ccc(C(F)(F)F)cc1. The van der Waals surface area contributed by atoms with Crippen molar-refractivity contribution in [1.82, 2.24) is 5.32 Å². The summed E-state index contributed by atoms with van der Waals surface area (Å²) in [7, 11) is 0. The summed E-state index contributed by atoms with van der Waals surface area (Å²) in [5, 5.41) is 3.01. The van der Waals surface area contributed by atoms with E-state index in [1.54, 1.807) is 0 Å². The zero-order valence-corrected chi connectivity index (χ0v) is 15.8. The molecule has 1 aliphatic rings. The van der Waals surface area contributed by atoms with Crippen LogP contribution in [-0.2, 0) is 17.4 Å². The molecule has 6 heteroatoms. The lowest BCUT2D eigenvalue weighted by molar-refractivity contribution is -0.137. The summed E-state index contributed by atoms with van der Waals surface area (Å²) < 4.78 is 38.9. The molecule has 1 N–H and O–H groups in total. The van der Waals surface area contributed by atoms with Gasteiger partial charge in [-0.05, 0) is 61.1 Å². The van der Waals surface area contributed by atoms with Gasteiger partial charge in [-0.3, -0.25) is 4.79 Å². The fourth-order valence-electron chi connectivity index (χ4n) is 3.15. The number of rotatable bonds is 5. The van der Waals surface area contributed by atoms with Crippen LogP contribution >= 0.6 is 15.9 Å². The highest BCUT2D eigenvalue weighted by atomic mass is 79.9. The Bertz CT molecular complexity index is 771. The monoisotopic (exact) mass is 425 g/mol. The maximum absolute atomic E-state index is 12.6. The molecule has 1 saturated carbocycles. The minimum Gasteiger partial charge on any atom is -0.353 e. The van der Waals surface area contributed by atoms with Crippen molar-refractivity contribution in [3.05, 3.63) is 69.7 Å². The first-order valence-corrected chi connectivity index (χ1v) is 9.25. The number of halogens is 4. The third-order valence-electron chi connectivity index (χ3n) is 4.64. The zero-order valence-electron chi connectivity index (χ0n) is 14.2. The topological polar surface area (TPSA) is 29.1 Å². The molecule has 0 saturated heterocycles. The van der Waals surface area contributed by atoms with Crippen molar-refractivity contribution in [2.75, 3.05) is 0 Å². The Morgan fingerprint density at radius 2 is 1.77 bits per heavy atom. The highest BCUT2D eigenvalue weighted by molar-refractivity contribution is 9.10. The van der Waals surface area contributed by atoms with E-state index in [9.17, 15) is 18.0 Å². The van der Waals surface area contributed by atoms with Crippen molar-refractivity contribution in [3.8, 4) is 0 Å². The number of hydrogen-bond acceptors (Lipinski definition) is 1. The van der Waals surface area contributed by atoms with Crippen LogP contribution in [0.15, 0.2) is 53.0 Å². The largest absolute Gasteiger partial charge is 0.416 e. The molecule has 2 aromatic carbocycles. The molecular formula is C20H19BrF3NO. The van der Waals surface area contributed by atoms with E-state index in [1.165, 1.54) is 12.1 Å². The standard InChI is InChI=1S/C20H19BrF3NO/c1-12(10-13-2-8-16(21)9-3-13)25-19(26)18-11-17(18)14-4-6-15(7-5-14)20(22,23)24/h2-9,12,17-18H,10-11H2,1H3,(H,25,26). The molecule has 0 heterocycles. The van der Waals surface area contributed by atoms with E-state index < -0.39 is 11.7 Å². The maximum atomic E-state index is 12.6. The number of carbonyl (C=O) groups is 1. The van der Waals surface area contributed by atoms with Gasteiger partial charge in [-0.2, -0.15) is 13.2 Å². The van der Waals surface area contributed by atoms with Crippen LogP contribution < -0.4 is 5.32 Å². The van der Waals surface area contributed by atoms with Crippen molar-refractivity contribution in [2.24, 2.45) is 5.92 Å². The molecule has 2 nitrogen and oxygen atoms in total. The molecule has 0 radical (unpaired) electrons. The number of nitrogens with one attached hydrogen (secondary N) is 1. The Kier molecular flexibility index (Phi) is 5.42. The molecule has 0 spiro atoms. The number of hydrogen-bond donors (Lipinski definition) is 1. The van der Waals surface area contributed by atoms with Crippen molar-refractivity contribution in [1.29, 1.82) is 0 Å². The Labute approximate surface area is 158 Å². The zero-order chi connectivity index (χ0) is 18.9. The lowest BCUT2D eigenvalue weighted by Gasteiger charge is -2.14.